The number of aryl methyl sites for hydroxylation is 2. The van der Waals surface area contributed by atoms with E-state index in [0.29, 0.717) is 5.69 Å². The van der Waals surface area contributed by atoms with Crippen molar-refractivity contribution in [1.29, 1.82) is 0 Å². The van der Waals surface area contributed by atoms with Gasteiger partial charge in [-0.2, -0.15) is 0 Å². The van der Waals surface area contributed by atoms with Crippen molar-refractivity contribution in [3.05, 3.63) is 33.5 Å². The monoisotopic (exact) mass is 205 g/mol. The quantitative estimate of drug-likeness (QED) is 0.559. The first kappa shape index (κ1) is 11.1. The molecule has 0 atom stereocenters. The van der Waals surface area contributed by atoms with Crippen LogP contribution in [0.1, 0.15) is 11.1 Å². The first-order chi connectivity index (χ1) is 4.61. The molecule has 1 rings (SSSR count). The van der Waals surface area contributed by atoms with Crippen molar-refractivity contribution >= 4 is 21.6 Å². The van der Waals surface area contributed by atoms with E-state index in [1.807, 2.05) is 26.0 Å². The summed E-state index contributed by atoms with van der Waals surface area (Å²) in [5, 5.41) is 0. The largest absolute Gasteiger partial charge is 1.00 e. The Morgan fingerprint density at radius 2 is 1.55 bits per heavy atom. The summed E-state index contributed by atoms with van der Waals surface area (Å²) in [6, 6.07) is 3.91. The van der Waals surface area contributed by atoms with E-state index < -0.39 is 0 Å². The summed E-state index contributed by atoms with van der Waals surface area (Å²) in [7, 11) is 0. The van der Waals surface area contributed by atoms with Crippen LogP contribution in [0.5, 0.6) is 0 Å². The minimum Gasteiger partial charge on any atom is -0.698 e. The molecule has 54 valence electrons. The molecule has 0 amide bonds. The third kappa shape index (κ3) is 2.55. The molecule has 0 aliphatic heterocycles. The Morgan fingerprint density at radius 3 is 1.91 bits per heavy atom. The number of nitrogens with one attached hydrogen (secondary N) is 1. The van der Waals surface area contributed by atoms with Crippen molar-refractivity contribution in [2.75, 3.05) is 0 Å². The van der Waals surface area contributed by atoms with Crippen LogP contribution < -0.4 is 18.9 Å². The van der Waals surface area contributed by atoms with Crippen molar-refractivity contribution in [1.82, 2.24) is 0 Å². The van der Waals surface area contributed by atoms with E-state index in [1.165, 1.54) is 0 Å². The van der Waals surface area contributed by atoms with Crippen molar-refractivity contribution in [3.63, 3.8) is 0 Å². The van der Waals surface area contributed by atoms with Crippen LogP contribution in [0.15, 0.2) is 16.6 Å². The van der Waals surface area contributed by atoms with Gasteiger partial charge in [-0.05, 0) is 26.0 Å². The van der Waals surface area contributed by atoms with Crippen LogP contribution in [0, 0.1) is 13.8 Å². The van der Waals surface area contributed by atoms with E-state index >= 15 is 0 Å². The van der Waals surface area contributed by atoms with Gasteiger partial charge in [0.2, 0.25) is 0 Å². The molecular weight excluding hydrogens is 197 g/mol. The normalized spacial score (nSPS) is 9.00. The smallest absolute Gasteiger partial charge is 0.698 e. The molecule has 0 aliphatic rings. The summed E-state index contributed by atoms with van der Waals surface area (Å²) in [4.78, 5) is 0. The molecule has 0 aromatic heterocycles. The molecule has 1 aromatic rings. The Hall–Kier alpha value is 0.0974. The number of halogens is 1. The second-order valence-electron chi connectivity index (χ2n) is 2.41. The number of benzene rings is 1. The average Bonchev–Trinajstić information content (AvgIpc) is 1.82. The molecule has 0 unspecified atom stereocenters. The van der Waals surface area contributed by atoms with Crippen LogP contribution in [0.2, 0.25) is 0 Å². The Kier molecular flexibility index (Phi) is 4.24. The van der Waals surface area contributed by atoms with Crippen LogP contribution in [-0.4, -0.2) is 0 Å². The summed E-state index contributed by atoms with van der Waals surface area (Å²) in [5.41, 5.74) is 10.2. The zero-order valence-electron chi connectivity index (χ0n) is 7.03. The third-order valence-electron chi connectivity index (χ3n) is 1.50. The molecule has 0 aliphatic carbocycles. The Labute approximate surface area is 87.7 Å². The molecule has 0 heterocycles. The fourth-order valence-corrected chi connectivity index (χ4v) is 1.60. The van der Waals surface area contributed by atoms with Gasteiger partial charge in [0.05, 0.1) is 0 Å². The molecule has 0 saturated heterocycles. The van der Waals surface area contributed by atoms with E-state index in [9.17, 15) is 0 Å². The van der Waals surface area contributed by atoms with Gasteiger partial charge >= 0.3 is 18.9 Å². The Balaban J connectivity index is 0.000001000. The number of hydrogen-bond acceptors (Lipinski definition) is 0. The average molecular weight is 206 g/mol. The van der Waals surface area contributed by atoms with Crippen LogP contribution >= 0.6 is 15.9 Å². The number of rotatable bonds is 0. The van der Waals surface area contributed by atoms with Crippen molar-refractivity contribution < 1.29 is 18.9 Å². The van der Waals surface area contributed by atoms with E-state index in [0.717, 1.165) is 15.6 Å². The van der Waals surface area contributed by atoms with Gasteiger partial charge in [-0.1, -0.05) is 27.1 Å². The third-order valence-corrected chi connectivity index (χ3v) is 1.96. The van der Waals surface area contributed by atoms with Gasteiger partial charge in [0, 0.05) is 4.47 Å². The van der Waals surface area contributed by atoms with E-state index in [4.69, 9.17) is 5.73 Å². The summed E-state index contributed by atoms with van der Waals surface area (Å²) in [6.45, 7) is 3.89. The predicted molar refractivity (Wildman–Crippen MR) is 47.6 cm³/mol. The molecule has 1 aromatic carbocycles. The Morgan fingerprint density at radius 1 is 1.18 bits per heavy atom. The molecular formula is C8H9BrLiN. The molecule has 0 bridgehead atoms. The fourth-order valence-electron chi connectivity index (χ4n) is 0.911. The molecule has 1 N–H and O–H groups in total. The van der Waals surface area contributed by atoms with Crippen LogP contribution in [-0.2, 0) is 0 Å². The van der Waals surface area contributed by atoms with Crippen LogP contribution in [0.25, 0.3) is 5.73 Å². The molecule has 0 saturated carbocycles. The molecule has 3 heteroatoms. The minimum absolute atomic E-state index is 0. The standard InChI is InChI=1S/C8H9BrN.Li/c1-5-3-7(9)4-6(2)8(5)10;/h3-4,10H,1-2H3;/q-1;+1. The maximum Gasteiger partial charge on any atom is 1.00 e. The molecule has 11 heavy (non-hydrogen) atoms. The summed E-state index contributed by atoms with van der Waals surface area (Å²) in [6.07, 6.45) is 0. The molecule has 0 spiro atoms. The summed E-state index contributed by atoms with van der Waals surface area (Å²) >= 11 is 3.36. The van der Waals surface area contributed by atoms with E-state index in [-0.39, 0.29) is 18.9 Å². The van der Waals surface area contributed by atoms with Gasteiger partial charge in [0.15, 0.2) is 0 Å². The Bertz CT molecular complexity index is 237. The van der Waals surface area contributed by atoms with Crippen LogP contribution in [0.3, 0.4) is 0 Å². The first-order valence-corrected chi connectivity index (χ1v) is 3.89. The van der Waals surface area contributed by atoms with Crippen LogP contribution in [0.4, 0.5) is 5.69 Å². The van der Waals surface area contributed by atoms with Gasteiger partial charge < -0.3 is 5.73 Å². The topological polar surface area (TPSA) is 23.8 Å². The maximum absolute atomic E-state index is 7.52. The zero-order chi connectivity index (χ0) is 7.72. The molecule has 1 nitrogen and oxygen atoms in total. The predicted octanol–water partition coefficient (Wildman–Crippen LogP) is 0.754. The van der Waals surface area contributed by atoms with Gasteiger partial charge in [0.25, 0.3) is 0 Å². The molecule has 0 fully saturated rings. The summed E-state index contributed by atoms with van der Waals surface area (Å²) < 4.78 is 1.05. The van der Waals surface area contributed by atoms with Crippen molar-refractivity contribution in [2.24, 2.45) is 0 Å². The van der Waals surface area contributed by atoms with Crippen molar-refractivity contribution in [2.45, 2.75) is 13.8 Å². The zero-order valence-corrected chi connectivity index (χ0v) is 8.62. The van der Waals surface area contributed by atoms with Gasteiger partial charge in [-0.25, -0.2) is 0 Å². The fraction of sp³-hybridized carbons (Fsp3) is 0.250. The van der Waals surface area contributed by atoms with Gasteiger partial charge in [-0.3, -0.25) is 0 Å². The van der Waals surface area contributed by atoms with Crippen molar-refractivity contribution in [3.8, 4) is 0 Å². The minimum atomic E-state index is 0. The SMILES string of the molecule is Cc1cc(Br)cc(C)c1[NH-].[Li+]. The van der Waals surface area contributed by atoms with Gasteiger partial charge in [0.1, 0.15) is 0 Å². The first-order valence-electron chi connectivity index (χ1n) is 3.09. The van der Waals surface area contributed by atoms with E-state index in [1.54, 1.807) is 0 Å². The summed E-state index contributed by atoms with van der Waals surface area (Å²) in [5.74, 6) is 0. The second kappa shape index (κ2) is 4.21. The second-order valence-corrected chi connectivity index (χ2v) is 3.33. The maximum atomic E-state index is 7.52. The van der Waals surface area contributed by atoms with Gasteiger partial charge in [-0.15, -0.1) is 5.69 Å². The van der Waals surface area contributed by atoms with E-state index in [2.05, 4.69) is 15.9 Å². The molecule has 0 radical (unpaired) electrons. The number of hydrogen-bond donors (Lipinski definition) is 0.